The maximum Gasteiger partial charge on any atom is 0.381 e. The Balaban J connectivity index is 2.64. The number of nitrogens with zero attached hydrogens (tertiary/aromatic N) is 3. The van der Waals surface area contributed by atoms with Gasteiger partial charge in [-0.2, -0.15) is 0 Å². The molecule has 1 rings (SSSR count). The fourth-order valence-corrected chi connectivity index (χ4v) is 1.05. The molecule has 0 bridgehead atoms. The summed E-state index contributed by atoms with van der Waals surface area (Å²) in [5.41, 5.74) is 0. The Labute approximate surface area is 80.5 Å². The van der Waals surface area contributed by atoms with Gasteiger partial charge in [0.15, 0.2) is 0 Å². The fraction of sp³-hybridized carbons (Fsp3) is 0.571. The van der Waals surface area contributed by atoms with Gasteiger partial charge in [-0.15, -0.1) is 11.6 Å². The summed E-state index contributed by atoms with van der Waals surface area (Å²) < 4.78 is 1.67. The number of halogens is 1. The van der Waals surface area contributed by atoms with Crippen LogP contribution in [-0.2, 0) is 6.54 Å². The minimum Gasteiger partial charge on any atom is -0.358 e. The second kappa shape index (κ2) is 4.23. The molecule has 5 nitrogen and oxygen atoms in total. The molecule has 1 aromatic heterocycles. The first-order valence-electron chi connectivity index (χ1n) is 3.85. The van der Waals surface area contributed by atoms with E-state index in [1.165, 1.54) is 12.5 Å². The molecule has 1 atom stereocenters. The van der Waals surface area contributed by atoms with Crippen LogP contribution in [0, 0.1) is 16.0 Å². The van der Waals surface area contributed by atoms with Crippen LogP contribution in [0.4, 0.5) is 5.82 Å². The molecule has 1 aromatic rings. The van der Waals surface area contributed by atoms with E-state index in [1.807, 2.05) is 6.92 Å². The molecular weight excluding hydrogens is 194 g/mol. The minimum absolute atomic E-state index is 0.123. The Morgan fingerprint density at radius 1 is 1.85 bits per heavy atom. The van der Waals surface area contributed by atoms with E-state index in [-0.39, 0.29) is 11.7 Å². The summed E-state index contributed by atoms with van der Waals surface area (Å²) in [6.45, 7) is 2.63. The topological polar surface area (TPSA) is 61.0 Å². The van der Waals surface area contributed by atoms with E-state index in [0.29, 0.717) is 12.4 Å². The Hall–Kier alpha value is -1.10. The quantitative estimate of drug-likeness (QED) is 0.425. The van der Waals surface area contributed by atoms with Gasteiger partial charge in [0.2, 0.25) is 6.33 Å². The van der Waals surface area contributed by atoms with E-state index in [2.05, 4.69) is 4.98 Å². The molecule has 0 fully saturated rings. The molecule has 0 aliphatic heterocycles. The van der Waals surface area contributed by atoms with Crippen molar-refractivity contribution in [2.75, 3.05) is 5.88 Å². The van der Waals surface area contributed by atoms with Crippen LogP contribution < -0.4 is 0 Å². The van der Waals surface area contributed by atoms with E-state index in [0.717, 1.165) is 0 Å². The molecule has 0 spiro atoms. The van der Waals surface area contributed by atoms with Crippen molar-refractivity contribution in [3.63, 3.8) is 0 Å². The predicted molar refractivity (Wildman–Crippen MR) is 48.8 cm³/mol. The van der Waals surface area contributed by atoms with Gasteiger partial charge < -0.3 is 14.7 Å². The van der Waals surface area contributed by atoms with Gasteiger partial charge in [-0.1, -0.05) is 6.92 Å². The molecule has 13 heavy (non-hydrogen) atoms. The zero-order valence-electron chi connectivity index (χ0n) is 7.18. The third-order valence-corrected chi connectivity index (χ3v) is 2.12. The molecule has 1 unspecified atom stereocenters. The van der Waals surface area contributed by atoms with Gasteiger partial charge in [-0.25, -0.2) is 0 Å². The van der Waals surface area contributed by atoms with Crippen molar-refractivity contribution >= 4 is 17.4 Å². The van der Waals surface area contributed by atoms with Gasteiger partial charge in [0, 0.05) is 12.4 Å². The normalized spacial score (nSPS) is 12.8. The van der Waals surface area contributed by atoms with Crippen LogP contribution in [-0.4, -0.2) is 20.4 Å². The molecule has 0 N–H and O–H groups in total. The number of nitro groups is 1. The van der Waals surface area contributed by atoms with Crippen molar-refractivity contribution < 1.29 is 4.92 Å². The number of aromatic nitrogens is 2. The first-order valence-corrected chi connectivity index (χ1v) is 4.39. The number of imidazole rings is 1. The van der Waals surface area contributed by atoms with Crippen LogP contribution in [0.5, 0.6) is 0 Å². The maximum absolute atomic E-state index is 10.3. The Morgan fingerprint density at radius 3 is 3.00 bits per heavy atom. The molecular formula is C7H10ClN3O2. The summed E-state index contributed by atoms with van der Waals surface area (Å²) >= 11 is 5.60. The van der Waals surface area contributed by atoms with Gasteiger partial charge in [0.1, 0.15) is 6.20 Å². The lowest BCUT2D eigenvalue weighted by atomic mass is 10.2. The highest BCUT2D eigenvalue weighted by Crippen LogP contribution is 2.08. The summed E-state index contributed by atoms with van der Waals surface area (Å²) in [6.07, 6.45) is 2.85. The van der Waals surface area contributed by atoms with Crippen molar-refractivity contribution in [3.8, 4) is 0 Å². The average molecular weight is 204 g/mol. The highest BCUT2D eigenvalue weighted by atomic mass is 35.5. The average Bonchev–Trinajstić information content (AvgIpc) is 2.52. The Bertz CT molecular complexity index is 300. The summed E-state index contributed by atoms with van der Waals surface area (Å²) in [5.74, 6) is 0.698. The molecule has 0 radical (unpaired) electrons. The molecule has 6 heteroatoms. The molecule has 0 aliphatic carbocycles. The van der Waals surface area contributed by atoms with Crippen molar-refractivity contribution in [3.05, 3.63) is 22.6 Å². The Kier molecular flexibility index (Phi) is 3.25. The SMILES string of the molecule is CC(CCl)Cn1cnc([N+](=O)[O-])c1. The molecule has 0 saturated carbocycles. The number of hydrogen-bond acceptors (Lipinski definition) is 3. The lowest BCUT2D eigenvalue weighted by Gasteiger charge is -2.05. The lowest BCUT2D eigenvalue weighted by Crippen LogP contribution is -2.06. The molecule has 0 saturated heterocycles. The second-order valence-corrected chi connectivity index (χ2v) is 3.25. The zero-order chi connectivity index (χ0) is 9.84. The van der Waals surface area contributed by atoms with Crippen LogP contribution in [0.25, 0.3) is 0 Å². The zero-order valence-corrected chi connectivity index (χ0v) is 7.94. The molecule has 0 aliphatic rings. The van der Waals surface area contributed by atoms with Crippen LogP contribution in [0.1, 0.15) is 6.92 Å². The van der Waals surface area contributed by atoms with Crippen molar-refractivity contribution in [2.24, 2.45) is 5.92 Å². The largest absolute Gasteiger partial charge is 0.381 e. The monoisotopic (exact) mass is 203 g/mol. The van der Waals surface area contributed by atoms with Crippen LogP contribution >= 0.6 is 11.6 Å². The van der Waals surface area contributed by atoms with Gasteiger partial charge in [-0.3, -0.25) is 0 Å². The maximum atomic E-state index is 10.3. The Morgan fingerprint density at radius 2 is 2.54 bits per heavy atom. The first kappa shape index (κ1) is 9.98. The molecule has 72 valence electrons. The van der Waals surface area contributed by atoms with Crippen molar-refractivity contribution in [1.82, 2.24) is 9.55 Å². The van der Waals surface area contributed by atoms with Crippen molar-refractivity contribution in [2.45, 2.75) is 13.5 Å². The van der Waals surface area contributed by atoms with E-state index in [1.54, 1.807) is 4.57 Å². The summed E-state index contributed by atoms with van der Waals surface area (Å²) in [5, 5.41) is 10.3. The molecule has 1 heterocycles. The van der Waals surface area contributed by atoms with Gasteiger partial charge >= 0.3 is 5.82 Å². The third-order valence-electron chi connectivity index (χ3n) is 1.59. The third kappa shape index (κ3) is 2.69. The van der Waals surface area contributed by atoms with Crippen molar-refractivity contribution in [1.29, 1.82) is 0 Å². The minimum atomic E-state index is -0.512. The summed E-state index contributed by atoms with van der Waals surface area (Å²) in [6, 6.07) is 0. The first-order chi connectivity index (χ1) is 6.13. The fourth-order valence-electron chi connectivity index (χ4n) is 0.951. The van der Waals surface area contributed by atoms with E-state index in [4.69, 9.17) is 11.6 Å². The smallest absolute Gasteiger partial charge is 0.358 e. The molecule has 0 amide bonds. The van der Waals surface area contributed by atoms with Gasteiger partial charge in [-0.05, 0) is 15.8 Å². The van der Waals surface area contributed by atoms with Gasteiger partial charge in [0.05, 0.1) is 0 Å². The number of alkyl halides is 1. The predicted octanol–water partition coefficient (Wildman–Crippen LogP) is 1.67. The highest BCUT2D eigenvalue weighted by molar-refractivity contribution is 6.18. The van der Waals surface area contributed by atoms with E-state index in [9.17, 15) is 10.1 Å². The summed E-state index contributed by atoms with van der Waals surface area (Å²) in [4.78, 5) is 13.4. The second-order valence-electron chi connectivity index (χ2n) is 2.95. The standard InChI is InChI=1S/C7H10ClN3O2/c1-6(2-8)3-10-4-7(9-5-10)11(12)13/h4-6H,2-3H2,1H3. The van der Waals surface area contributed by atoms with E-state index >= 15 is 0 Å². The highest BCUT2D eigenvalue weighted by Gasteiger charge is 2.10. The van der Waals surface area contributed by atoms with Crippen LogP contribution in [0.15, 0.2) is 12.5 Å². The summed E-state index contributed by atoms with van der Waals surface area (Å²) in [7, 11) is 0. The van der Waals surface area contributed by atoms with E-state index < -0.39 is 4.92 Å². The number of rotatable bonds is 4. The van der Waals surface area contributed by atoms with Crippen LogP contribution in [0.3, 0.4) is 0 Å². The van der Waals surface area contributed by atoms with Gasteiger partial charge in [0.25, 0.3) is 0 Å². The number of hydrogen-bond donors (Lipinski definition) is 0. The molecule has 0 aromatic carbocycles. The van der Waals surface area contributed by atoms with Crippen LogP contribution in [0.2, 0.25) is 0 Å². The lowest BCUT2D eigenvalue weighted by molar-refractivity contribution is -0.389.